The van der Waals surface area contributed by atoms with Gasteiger partial charge in [-0.2, -0.15) is 5.26 Å². The normalized spacial score (nSPS) is 10.7. The van der Waals surface area contributed by atoms with Crippen molar-refractivity contribution >= 4 is 23.5 Å². The minimum absolute atomic E-state index is 0.0429. The van der Waals surface area contributed by atoms with Crippen LogP contribution in [0.5, 0.6) is 0 Å². The monoisotopic (exact) mass is 353 g/mol. The number of hydrogen-bond donors (Lipinski definition) is 0. The summed E-state index contributed by atoms with van der Waals surface area (Å²) in [6.45, 7) is 2.17. The van der Waals surface area contributed by atoms with Gasteiger partial charge in [-0.1, -0.05) is 43.7 Å². The third kappa shape index (κ3) is 5.73. The lowest BCUT2D eigenvalue weighted by molar-refractivity contribution is -0.384. The number of non-ortho nitro benzene ring substituents is 1. The molecule has 1 heterocycles. The molecule has 1 aromatic carbocycles. The topological polar surface area (TPSA) is 79.8 Å². The third-order valence-electron chi connectivity index (χ3n) is 3.54. The van der Waals surface area contributed by atoms with Gasteiger partial charge in [0.2, 0.25) is 0 Å². The molecule has 0 aliphatic rings. The van der Waals surface area contributed by atoms with E-state index >= 15 is 0 Å². The second-order valence-corrected chi connectivity index (χ2v) is 6.55. The molecule has 0 N–H and O–H groups in total. The summed E-state index contributed by atoms with van der Waals surface area (Å²) >= 11 is 1.32. The molecule has 0 unspecified atom stereocenters. The molecule has 1 aromatic heterocycles. The van der Waals surface area contributed by atoms with Crippen LogP contribution in [0.1, 0.15) is 43.7 Å². The summed E-state index contributed by atoms with van der Waals surface area (Å²) in [7, 11) is 0. The minimum atomic E-state index is -0.435. The number of aromatic nitrogens is 1. The molecule has 128 valence electrons. The van der Waals surface area contributed by atoms with E-state index in [2.05, 4.69) is 24.1 Å². The summed E-state index contributed by atoms with van der Waals surface area (Å²) in [5.74, 6) is 0. The highest BCUT2D eigenvalue weighted by Gasteiger charge is 2.09. The number of nitro groups is 1. The van der Waals surface area contributed by atoms with Crippen LogP contribution in [0, 0.1) is 21.4 Å². The van der Waals surface area contributed by atoms with Crippen molar-refractivity contribution in [3.63, 3.8) is 0 Å². The van der Waals surface area contributed by atoms with Crippen molar-refractivity contribution in [2.24, 2.45) is 0 Å². The van der Waals surface area contributed by atoms with E-state index in [-0.39, 0.29) is 5.69 Å². The van der Waals surface area contributed by atoms with Crippen LogP contribution >= 0.6 is 11.8 Å². The highest BCUT2D eigenvalue weighted by Crippen LogP contribution is 2.30. The molecule has 0 saturated carbocycles. The number of pyridine rings is 1. The van der Waals surface area contributed by atoms with Crippen molar-refractivity contribution in [2.75, 3.05) is 0 Å². The summed E-state index contributed by atoms with van der Waals surface area (Å²) in [4.78, 5) is 15.4. The second-order valence-electron chi connectivity index (χ2n) is 5.48. The zero-order valence-corrected chi connectivity index (χ0v) is 14.8. The Morgan fingerprint density at radius 1 is 1.32 bits per heavy atom. The summed E-state index contributed by atoms with van der Waals surface area (Å²) < 4.78 is 0. The van der Waals surface area contributed by atoms with Crippen LogP contribution in [0.2, 0.25) is 0 Å². The van der Waals surface area contributed by atoms with Gasteiger partial charge in [-0.3, -0.25) is 10.1 Å². The van der Waals surface area contributed by atoms with E-state index < -0.39 is 4.92 Å². The fourth-order valence-corrected chi connectivity index (χ4v) is 3.02. The molecule has 0 amide bonds. The van der Waals surface area contributed by atoms with Gasteiger partial charge in [-0.05, 0) is 36.6 Å². The number of nitriles is 1. The summed E-state index contributed by atoms with van der Waals surface area (Å²) in [6.07, 6.45) is 10.4. The Morgan fingerprint density at radius 2 is 2.08 bits per heavy atom. The van der Waals surface area contributed by atoms with Gasteiger partial charge < -0.3 is 0 Å². The number of nitrogens with zero attached hydrogens (tertiary/aromatic N) is 3. The average molecular weight is 353 g/mol. The average Bonchev–Trinajstić information content (AvgIpc) is 2.63. The second kappa shape index (κ2) is 9.60. The van der Waals surface area contributed by atoms with Crippen LogP contribution in [0.3, 0.4) is 0 Å². The lowest BCUT2D eigenvalue weighted by Crippen LogP contribution is -1.89. The molecule has 0 bridgehead atoms. The lowest BCUT2D eigenvalue weighted by Gasteiger charge is -2.04. The van der Waals surface area contributed by atoms with Gasteiger partial charge in [0.05, 0.1) is 10.5 Å². The van der Waals surface area contributed by atoms with Gasteiger partial charge in [0.1, 0.15) is 11.1 Å². The van der Waals surface area contributed by atoms with Gasteiger partial charge in [-0.25, -0.2) is 4.98 Å². The molecule has 25 heavy (non-hydrogen) atoms. The number of benzene rings is 1. The Kier molecular flexibility index (Phi) is 7.17. The maximum atomic E-state index is 10.7. The van der Waals surface area contributed by atoms with Gasteiger partial charge in [-0.15, -0.1) is 0 Å². The predicted molar refractivity (Wildman–Crippen MR) is 99.3 cm³/mol. The van der Waals surface area contributed by atoms with Crippen molar-refractivity contribution in [3.05, 3.63) is 63.8 Å². The van der Waals surface area contributed by atoms with E-state index in [4.69, 9.17) is 0 Å². The van der Waals surface area contributed by atoms with Gasteiger partial charge in [0, 0.05) is 23.2 Å². The number of allylic oxidation sites excluding steroid dienone is 1. The number of hydrogen-bond acceptors (Lipinski definition) is 5. The predicted octanol–water partition coefficient (Wildman–Crippen LogP) is 5.61. The Labute approximate surface area is 151 Å². The van der Waals surface area contributed by atoms with E-state index in [1.165, 1.54) is 43.2 Å². The highest BCUT2D eigenvalue weighted by molar-refractivity contribution is 7.99. The van der Waals surface area contributed by atoms with Crippen molar-refractivity contribution in [1.29, 1.82) is 5.26 Å². The molecule has 0 spiro atoms. The van der Waals surface area contributed by atoms with E-state index in [0.29, 0.717) is 10.6 Å². The van der Waals surface area contributed by atoms with Crippen LogP contribution < -0.4 is 0 Å². The number of unbranched alkanes of at least 4 members (excludes halogenated alkanes) is 3. The first-order valence-corrected chi connectivity index (χ1v) is 8.94. The van der Waals surface area contributed by atoms with E-state index in [9.17, 15) is 15.4 Å². The minimum Gasteiger partial charge on any atom is -0.258 e. The highest BCUT2D eigenvalue weighted by atomic mass is 32.2. The summed E-state index contributed by atoms with van der Waals surface area (Å²) in [5.41, 5.74) is 1.45. The molecular formula is C19H19N3O2S. The first-order valence-electron chi connectivity index (χ1n) is 8.13. The fraction of sp³-hybridized carbons (Fsp3) is 0.263. The van der Waals surface area contributed by atoms with Gasteiger partial charge in [0.15, 0.2) is 0 Å². The quantitative estimate of drug-likeness (QED) is 0.350. The Balaban J connectivity index is 2.08. The summed E-state index contributed by atoms with van der Waals surface area (Å²) in [6, 6.07) is 10.2. The molecule has 0 saturated heterocycles. The smallest absolute Gasteiger partial charge is 0.258 e. The van der Waals surface area contributed by atoms with Crippen molar-refractivity contribution in [3.8, 4) is 6.07 Å². The van der Waals surface area contributed by atoms with Crippen molar-refractivity contribution in [1.82, 2.24) is 4.98 Å². The van der Waals surface area contributed by atoms with E-state index in [1.54, 1.807) is 18.3 Å². The maximum absolute atomic E-state index is 10.7. The van der Waals surface area contributed by atoms with Crippen LogP contribution in [0.25, 0.3) is 6.08 Å². The SMILES string of the molecule is CCCCCC=Cc1cnc(Sc2ccc([N+](=O)[O-])cc2)c(C#N)c1. The Hall–Kier alpha value is -2.65. The first-order chi connectivity index (χ1) is 12.1. The molecule has 2 aromatic rings. The first kappa shape index (κ1) is 18.7. The lowest BCUT2D eigenvalue weighted by atomic mass is 10.1. The molecule has 0 atom stereocenters. The zero-order chi connectivity index (χ0) is 18.1. The van der Waals surface area contributed by atoms with Crippen LogP contribution in [0.4, 0.5) is 5.69 Å². The van der Waals surface area contributed by atoms with Crippen LogP contribution in [-0.4, -0.2) is 9.91 Å². The number of rotatable bonds is 8. The van der Waals surface area contributed by atoms with Crippen molar-refractivity contribution in [2.45, 2.75) is 42.5 Å². The Morgan fingerprint density at radius 3 is 2.72 bits per heavy atom. The fourth-order valence-electron chi connectivity index (χ4n) is 2.20. The zero-order valence-electron chi connectivity index (χ0n) is 14.0. The molecule has 0 aliphatic carbocycles. The van der Waals surface area contributed by atoms with Crippen LogP contribution in [0.15, 0.2) is 52.5 Å². The molecule has 0 radical (unpaired) electrons. The van der Waals surface area contributed by atoms with Crippen LogP contribution in [-0.2, 0) is 0 Å². The largest absolute Gasteiger partial charge is 0.269 e. The standard InChI is InChI=1S/C19H19N3O2S/c1-2-3-4-5-6-7-15-12-16(13-20)19(21-14-15)25-18-10-8-17(9-11-18)22(23)24/h6-12,14H,2-5H2,1H3. The summed E-state index contributed by atoms with van der Waals surface area (Å²) in [5, 5.41) is 20.6. The molecular weight excluding hydrogens is 334 g/mol. The van der Waals surface area contributed by atoms with Gasteiger partial charge >= 0.3 is 0 Å². The number of nitro benzene ring substituents is 1. The third-order valence-corrected chi connectivity index (χ3v) is 4.57. The Bertz CT molecular complexity index is 795. The van der Waals surface area contributed by atoms with Crippen molar-refractivity contribution < 1.29 is 4.92 Å². The van der Waals surface area contributed by atoms with E-state index in [0.717, 1.165) is 16.9 Å². The maximum Gasteiger partial charge on any atom is 0.269 e. The molecule has 6 heteroatoms. The molecule has 0 fully saturated rings. The molecule has 2 rings (SSSR count). The molecule has 0 aliphatic heterocycles. The van der Waals surface area contributed by atoms with Gasteiger partial charge in [0.25, 0.3) is 5.69 Å². The van der Waals surface area contributed by atoms with E-state index in [1.807, 2.05) is 12.1 Å². The molecule has 5 nitrogen and oxygen atoms in total.